The second-order valence-electron chi connectivity index (χ2n) is 12.1. The molecule has 9 atom stereocenters. The van der Waals surface area contributed by atoms with Crippen molar-refractivity contribution in [2.75, 3.05) is 0 Å². The Morgan fingerprint density at radius 3 is 2.23 bits per heavy atom. The maximum absolute atomic E-state index is 10.2. The van der Waals surface area contributed by atoms with E-state index in [0.717, 1.165) is 48.9 Å². The van der Waals surface area contributed by atoms with Gasteiger partial charge in [-0.05, 0) is 117 Å². The van der Waals surface area contributed by atoms with E-state index < -0.39 is 0 Å². The predicted octanol–water partition coefficient (Wildman–Crippen LogP) is 7.22. The third-order valence-corrected chi connectivity index (χ3v) is 10.7. The Labute approximate surface area is 187 Å². The molecule has 0 aromatic carbocycles. The number of aliphatic hydroxyl groups excluding tert-OH is 2. The van der Waals surface area contributed by atoms with Crippen molar-refractivity contribution in [2.24, 2.45) is 46.3 Å². The Kier molecular flexibility index (Phi) is 8.04. The van der Waals surface area contributed by atoms with Gasteiger partial charge in [-0.1, -0.05) is 48.0 Å². The first-order chi connectivity index (χ1) is 14.3. The summed E-state index contributed by atoms with van der Waals surface area (Å²) in [4.78, 5) is 0. The smallest absolute Gasteiger partial charge is 0.0563 e. The molecule has 0 spiro atoms. The Balaban J connectivity index is 0.00000124. The van der Waals surface area contributed by atoms with Crippen LogP contribution in [0, 0.1) is 46.3 Å². The second kappa shape index (κ2) is 9.82. The van der Waals surface area contributed by atoms with Crippen molar-refractivity contribution in [2.45, 2.75) is 131 Å². The predicted molar refractivity (Wildman–Crippen MR) is 127 cm³/mol. The summed E-state index contributed by atoms with van der Waals surface area (Å²) < 4.78 is 0. The summed E-state index contributed by atoms with van der Waals surface area (Å²) in [5.41, 5.74) is 1.06. The van der Waals surface area contributed by atoms with Gasteiger partial charge < -0.3 is 10.2 Å². The number of hydrogen-bond acceptors (Lipinski definition) is 2. The lowest BCUT2D eigenvalue weighted by Crippen LogP contribution is -2.53. The van der Waals surface area contributed by atoms with E-state index in [4.69, 9.17) is 0 Å². The summed E-state index contributed by atoms with van der Waals surface area (Å²) in [5, 5.41) is 20.4. The number of fused-ring (bicyclic) bond motifs is 5. The standard InChI is InChI=1S/C26H46O2.C2H6/c1-17(2)24(28)7-5-6-18-9-11-22-21-10-8-19-16-20(27)12-14-26(19,4)23(21)13-15-25(18,22)3;1-2/h17-24,27-28H,5-16H2,1-4H3;1-2H3. The fraction of sp³-hybridized carbons (Fsp3) is 1.00. The maximum atomic E-state index is 10.2. The maximum Gasteiger partial charge on any atom is 0.0563 e. The molecule has 0 aliphatic heterocycles. The van der Waals surface area contributed by atoms with Gasteiger partial charge in [0.25, 0.3) is 0 Å². The fourth-order valence-electron chi connectivity index (χ4n) is 8.73. The van der Waals surface area contributed by atoms with Crippen molar-refractivity contribution in [3.05, 3.63) is 0 Å². The van der Waals surface area contributed by atoms with Crippen LogP contribution < -0.4 is 0 Å². The van der Waals surface area contributed by atoms with Crippen LogP contribution in [0.2, 0.25) is 0 Å². The quantitative estimate of drug-likeness (QED) is 0.493. The van der Waals surface area contributed by atoms with E-state index in [1.54, 1.807) is 0 Å². The van der Waals surface area contributed by atoms with Gasteiger partial charge in [-0.2, -0.15) is 0 Å². The Bertz CT molecular complexity index is 545. The minimum atomic E-state index is -0.113. The van der Waals surface area contributed by atoms with Crippen LogP contribution in [0.4, 0.5) is 0 Å². The van der Waals surface area contributed by atoms with E-state index in [0.29, 0.717) is 16.7 Å². The molecule has 0 amide bonds. The molecule has 0 bridgehead atoms. The molecule has 4 aliphatic carbocycles. The first kappa shape index (κ1) is 24.6. The molecule has 0 saturated heterocycles. The minimum Gasteiger partial charge on any atom is -0.393 e. The first-order valence-electron chi connectivity index (χ1n) is 13.6. The summed E-state index contributed by atoms with van der Waals surface area (Å²) >= 11 is 0. The van der Waals surface area contributed by atoms with E-state index in [2.05, 4.69) is 27.7 Å². The van der Waals surface area contributed by atoms with Crippen LogP contribution in [0.1, 0.15) is 119 Å². The lowest BCUT2D eigenvalue weighted by Gasteiger charge is -2.61. The molecule has 176 valence electrons. The summed E-state index contributed by atoms with van der Waals surface area (Å²) in [6.45, 7) is 13.5. The van der Waals surface area contributed by atoms with E-state index in [-0.39, 0.29) is 12.2 Å². The van der Waals surface area contributed by atoms with Crippen molar-refractivity contribution < 1.29 is 10.2 Å². The van der Waals surface area contributed by atoms with Crippen LogP contribution in [0.15, 0.2) is 0 Å². The van der Waals surface area contributed by atoms with Crippen molar-refractivity contribution >= 4 is 0 Å². The van der Waals surface area contributed by atoms with Crippen molar-refractivity contribution in [3.63, 3.8) is 0 Å². The zero-order chi connectivity index (χ0) is 22.1. The molecule has 4 rings (SSSR count). The van der Waals surface area contributed by atoms with E-state index in [9.17, 15) is 10.2 Å². The van der Waals surface area contributed by atoms with Gasteiger partial charge in [-0.25, -0.2) is 0 Å². The Morgan fingerprint density at radius 2 is 1.53 bits per heavy atom. The molecule has 0 aromatic heterocycles. The van der Waals surface area contributed by atoms with Crippen molar-refractivity contribution in [3.8, 4) is 0 Å². The normalized spacial score (nSPS) is 46.3. The molecular formula is C28H52O2. The molecule has 30 heavy (non-hydrogen) atoms. The second-order valence-corrected chi connectivity index (χ2v) is 12.1. The third-order valence-electron chi connectivity index (χ3n) is 10.7. The number of aliphatic hydroxyl groups is 2. The van der Waals surface area contributed by atoms with Gasteiger partial charge in [0.2, 0.25) is 0 Å². The highest BCUT2D eigenvalue weighted by molar-refractivity contribution is 5.09. The minimum absolute atomic E-state index is 0.0273. The largest absolute Gasteiger partial charge is 0.393 e. The molecule has 0 heterocycles. The average molecular weight is 421 g/mol. The number of rotatable bonds is 5. The summed E-state index contributed by atoms with van der Waals surface area (Å²) in [6, 6.07) is 0. The zero-order valence-electron chi connectivity index (χ0n) is 21.0. The van der Waals surface area contributed by atoms with Crippen LogP contribution in [-0.2, 0) is 0 Å². The highest BCUT2D eigenvalue weighted by Crippen LogP contribution is 2.67. The van der Waals surface area contributed by atoms with Crippen molar-refractivity contribution in [1.29, 1.82) is 0 Å². The van der Waals surface area contributed by atoms with E-state index in [1.165, 1.54) is 57.8 Å². The van der Waals surface area contributed by atoms with Crippen LogP contribution in [0.3, 0.4) is 0 Å². The van der Waals surface area contributed by atoms with Crippen LogP contribution in [0.5, 0.6) is 0 Å². The van der Waals surface area contributed by atoms with E-state index in [1.807, 2.05) is 13.8 Å². The molecule has 4 aliphatic rings. The summed E-state index contributed by atoms with van der Waals surface area (Å²) in [5.74, 6) is 4.86. The van der Waals surface area contributed by atoms with Crippen LogP contribution >= 0.6 is 0 Å². The summed E-state index contributed by atoms with van der Waals surface area (Å²) in [7, 11) is 0. The van der Waals surface area contributed by atoms with Crippen molar-refractivity contribution in [1.82, 2.24) is 0 Å². The van der Waals surface area contributed by atoms with Gasteiger partial charge in [0, 0.05) is 0 Å². The average Bonchev–Trinajstić information content (AvgIpc) is 3.06. The molecule has 9 unspecified atom stereocenters. The van der Waals surface area contributed by atoms with Crippen LogP contribution in [-0.4, -0.2) is 22.4 Å². The van der Waals surface area contributed by atoms with Gasteiger partial charge >= 0.3 is 0 Å². The molecule has 0 radical (unpaired) electrons. The van der Waals surface area contributed by atoms with Gasteiger partial charge in [0.05, 0.1) is 12.2 Å². The number of hydrogen-bond donors (Lipinski definition) is 2. The summed E-state index contributed by atoms with van der Waals surface area (Å²) in [6.07, 6.45) is 15.3. The highest BCUT2D eigenvalue weighted by atomic mass is 16.3. The van der Waals surface area contributed by atoms with Gasteiger partial charge in [0.1, 0.15) is 0 Å². The topological polar surface area (TPSA) is 40.5 Å². The van der Waals surface area contributed by atoms with Gasteiger partial charge in [0.15, 0.2) is 0 Å². The zero-order valence-corrected chi connectivity index (χ0v) is 21.0. The SMILES string of the molecule is CC.CC(C)C(O)CCCC1CCC2C3CCC4CC(O)CCC4(C)C3CCC12C. The first-order valence-corrected chi connectivity index (χ1v) is 13.6. The molecule has 2 heteroatoms. The lowest BCUT2D eigenvalue weighted by molar-refractivity contribution is -0.127. The third kappa shape index (κ3) is 4.39. The molecule has 4 fully saturated rings. The fourth-order valence-corrected chi connectivity index (χ4v) is 8.73. The molecule has 2 N–H and O–H groups in total. The molecule has 4 saturated carbocycles. The molecule has 2 nitrogen and oxygen atoms in total. The highest BCUT2D eigenvalue weighted by Gasteiger charge is 2.59. The van der Waals surface area contributed by atoms with Gasteiger partial charge in [-0.3, -0.25) is 0 Å². The lowest BCUT2D eigenvalue weighted by atomic mass is 9.44. The Hall–Kier alpha value is -0.0800. The molecular weight excluding hydrogens is 368 g/mol. The van der Waals surface area contributed by atoms with Crippen LogP contribution in [0.25, 0.3) is 0 Å². The molecule has 0 aromatic rings. The van der Waals surface area contributed by atoms with Gasteiger partial charge in [-0.15, -0.1) is 0 Å². The monoisotopic (exact) mass is 420 g/mol. The van der Waals surface area contributed by atoms with E-state index >= 15 is 0 Å². The Morgan fingerprint density at radius 1 is 0.867 bits per heavy atom.